The topological polar surface area (TPSA) is 60.2 Å². The van der Waals surface area contributed by atoms with Gasteiger partial charge in [-0.2, -0.15) is 16.7 Å². The molecule has 5 nitrogen and oxygen atoms in total. The molecule has 0 amide bonds. The van der Waals surface area contributed by atoms with E-state index in [1.54, 1.807) is 0 Å². The molecule has 3 atom stereocenters. The molecule has 108 valence electrons. The first-order chi connectivity index (χ1) is 9.26. The summed E-state index contributed by atoms with van der Waals surface area (Å²) in [5, 5.41) is 7.52. The molecular weight excluding hydrogens is 262 g/mol. The van der Waals surface area contributed by atoms with Gasteiger partial charge in [-0.25, -0.2) is 0 Å². The summed E-state index contributed by atoms with van der Waals surface area (Å²) >= 11 is 1.88. The third kappa shape index (κ3) is 3.70. The van der Waals surface area contributed by atoms with Gasteiger partial charge in [0.2, 0.25) is 11.7 Å². The molecule has 1 aliphatic heterocycles. The van der Waals surface area contributed by atoms with Crippen molar-refractivity contribution in [3.63, 3.8) is 0 Å². The van der Waals surface area contributed by atoms with Crippen molar-refractivity contribution in [1.29, 1.82) is 0 Å². The zero-order chi connectivity index (χ0) is 13.7. The number of thioether (sulfide) groups is 1. The molecule has 2 rings (SSSR count). The van der Waals surface area contributed by atoms with Gasteiger partial charge in [0.15, 0.2) is 0 Å². The van der Waals surface area contributed by atoms with Crippen molar-refractivity contribution in [1.82, 2.24) is 15.5 Å². The fourth-order valence-corrected chi connectivity index (χ4v) is 3.21. The molecule has 1 N–H and O–H groups in total. The van der Waals surface area contributed by atoms with Gasteiger partial charge in [-0.3, -0.25) is 0 Å². The van der Waals surface area contributed by atoms with Crippen LogP contribution in [0.3, 0.4) is 0 Å². The fourth-order valence-electron chi connectivity index (χ4n) is 2.37. The van der Waals surface area contributed by atoms with Gasteiger partial charge in [0.1, 0.15) is 6.10 Å². The molecule has 1 aliphatic rings. The van der Waals surface area contributed by atoms with E-state index in [4.69, 9.17) is 9.26 Å². The van der Waals surface area contributed by atoms with Gasteiger partial charge in [0.25, 0.3) is 0 Å². The number of rotatable bonds is 6. The minimum Gasteiger partial charge on any atom is -0.368 e. The highest BCUT2D eigenvalue weighted by molar-refractivity contribution is 7.99. The highest BCUT2D eigenvalue weighted by Crippen LogP contribution is 2.27. The minimum atomic E-state index is -0.0109. The summed E-state index contributed by atoms with van der Waals surface area (Å²) in [6, 6.07) is 0.338. The van der Waals surface area contributed by atoms with Crippen molar-refractivity contribution >= 4 is 11.8 Å². The standard InChI is InChI=1S/C13H23N3O2S/c1-4-10(9(3)14-5-2)13-15-12(16-18-13)11-8-19-7-6-17-11/h9-11,14H,4-8H2,1-3H3. The van der Waals surface area contributed by atoms with E-state index < -0.39 is 0 Å². The lowest BCUT2D eigenvalue weighted by Crippen LogP contribution is -2.32. The number of nitrogens with zero attached hydrogens (tertiary/aromatic N) is 2. The summed E-state index contributed by atoms with van der Waals surface area (Å²) < 4.78 is 11.1. The Hall–Kier alpha value is -0.590. The number of ether oxygens (including phenoxy) is 1. The second kappa shape index (κ2) is 7.26. The first-order valence-corrected chi connectivity index (χ1v) is 8.17. The Bertz CT molecular complexity index is 380. The van der Waals surface area contributed by atoms with E-state index in [0.29, 0.717) is 11.9 Å². The summed E-state index contributed by atoms with van der Waals surface area (Å²) in [6.45, 7) is 8.13. The summed E-state index contributed by atoms with van der Waals surface area (Å²) in [7, 11) is 0. The Balaban J connectivity index is 2.05. The van der Waals surface area contributed by atoms with Gasteiger partial charge in [-0.1, -0.05) is 19.0 Å². The molecule has 1 saturated heterocycles. The summed E-state index contributed by atoms with van der Waals surface area (Å²) in [4.78, 5) is 4.55. The predicted octanol–water partition coefficient (Wildman–Crippen LogP) is 2.37. The normalized spacial score (nSPS) is 23.2. The van der Waals surface area contributed by atoms with Crippen LogP contribution in [0.15, 0.2) is 4.52 Å². The predicted molar refractivity (Wildman–Crippen MR) is 76.5 cm³/mol. The van der Waals surface area contributed by atoms with Crippen molar-refractivity contribution < 1.29 is 9.26 Å². The molecule has 0 aliphatic carbocycles. The van der Waals surface area contributed by atoms with Gasteiger partial charge < -0.3 is 14.6 Å². The maximum absolute atomic E-state index is 5.68. The van der Waals surface area contributed by atoms with E-state index in [1.807, 2.05) is 11.8 Å². The number of hydrogen-bond acceptors (Lipinski definition) is 6. The highest BCUT2D eigenvalue weighted by Gasteiger charge is 2.27. The van der Waals surface area contributed by atoms with Gasteiger partial charge >= 0.3 is 0 Å². The van der Waals surface area contributed by atoms with Crippen molar-refractivity contribution in [2.45, 2.75) is 45.3 Å². The molecular formula is C13H23N3O2S. The van der Waals surface area contributed by atoms with Crippen LogP contribution in [0.5, 0.6) is 0 Å². The van der Waals surface area contributed by atoms with Crippen LogP contribution in [0.4, 0.5) is 0 Å². The van der Waals surface area contributed by atoms with E-state index in [2.05, 4.69) is 36.2 Å². The van der Waals surface area contributed by atoms with Crippen molar-refractivity contribution in [2.75, 3.05) is 24.7 Å². The summed E-state index contributed by atoms with van der Waals surface area (Å²) in [6.07, 6.45) is 0.971. The molecule has 1 aromatic heterocycles. The van der Waals surface area contributed by atoms with Crippen molar-refractivity contribution in [2.24, 2.45) is 0 Å². The smallest absolute Gasteiger partial charge is 0.231 e. The monoisotopic (exact) mass is 285 g/mol. The largest absolute Gasteiger partial charge is 0.368 e. The highest BCUT2D eigenvalue weighted by atomic mass is 32.2. The van der Waals surface area contributed by atoms with Crippen LogP contribution in [0.1, 0.15) is 50.9 Å². The lowest BCUT2D eigenvalue weighted by Gasteiger charge is -2.20. The molecule has 3 unspecified atom stereocenters. The third-order valence-corrected chi connectivity index (χ3v) is 4.44. The van der Waals surface area contributed by atoms with Crippen LogP contribution in [0.25, 0.3) is 0 Å². The van der Waals surface area contributed by atoms with Crippen LogP contribution >= 0.6 is 11.8 Å². The van der Waals surface area contributed by atoms with Crippen LogP contribution in [-0.2, 0) is 4.74 Å². The molecule has 0 saturated carbocycles. The zero-order valence-corrected chi connectivity index (χ0v) is 12.7. The maximum Gasteiger partial charge on any atom is 0.231 e. The van der Waals surface area contributed by atoms with Crippen LogP contribution < -0.4 is 5.32 Å². The first kappa shape index (κ1) is 14.8. The molecule has 1 aromatic rings. The quantitative estimate of drug-likeness (QED) is 0.866. The van der Waals surface area contributed by atoms with E-state index in [-0.39, 0.29) is 12.0 Å². The molecule has 0 spiro atoms. The lowest BCUT2D eigenvalue weighted by atomic mass is 9.98. The number of hydrogen-bond donors (Lipinski definition) is 1. The molecule has 6 heteroatoms. The van der Waals surface area contributed by atoms with Gasteiger partial charge in [0.05, 0.1) is 12.5 Å². The molecule has 1 fully saturated rings. The van der Waals surface area contributed by atoms with E-state index >= 15 is 0 Å². The van der Waals surface area contributed by atoms with Crippen molar-refractivity contribution in [3.05, 3.63) is 11.7 Å². The Morgan fingerprint density at radius 1 is 1.47 bits per heavy atom. The summed E-state index contributed by atoms with van der Waals surface area (Å²) in [5.74, 6) is 3.65. The third-order valence-electron chi connectivity index (χ3n) is 3.45. The van der Waals surface area contributed by atoms with Crippen LogP contribution in [0, 0.1) is 0 Å². The Morgan fingerprint density at radius 3 is 2.95 bits per heavy atom. The summed E-state index contributed by atoms with van der Waals surface area (Å²) in [5.41, 5.74) is 0. The van der Waals surface area contributed by atoms with Gasteiger partial charge in [-0.05, 0) is 19.9 Å². The molecule has 19 heavy (non-hydrogen) atoms. The second-order valence-electron chi connectivity index (χ2n) is 4.79. The minimum absolute atomic E-state index is 0.0109. The van der Waals surface area contributed by atoms with Crippen LogP contribution in [-0.4, -0.2) is 40.8 Å². The average Bonchev–Trinajstić information content (AvgIpc) is 2.90. The molecule has 0 bridgehead atoms. The first-order valence-electron chi connectivity index (χ1n) is 7.02. The Kier molecular flexibility index (Phi) is 5.66. The van der Waals surface area contributed by atoms with Crippen LogP contribution in [0.2, 0.25) is 0 Å². The van der Waals surface area contributed by atoms with E-state index in [9.17, 15) is 0 Å². The number of nitrogens with one attached hydrogen (secondary N) is 1. The average molecular weight is 285 g/mol. The second-order valence-corrected chi connectivity index (χ2v) is 5.94. The molecule has 2 heterocycles. The van der Waals surface area contributed by atoms with Gasteiger partial charge in [-0.15, -0.1) is 0 Å². The fraction of sp³-hybridized carbons (Fsp3) is 0.846. The number of likely N-dealkylation sites (N-methyl/N-ethyl adjacent to an activating group) is 1. The molecule has 0 radical (unpaired) electrons. The van der Waals surface area contributed by atoms with Crippen molar-refractivity contribution in [3.8, 4) is 0 Å². The number of aromatic nitrogens is 2. The van der Waals surface area contributed by atoms with E-state index in [0.717, 1.165) is 37.0 Å². The maximum atomic E-state index is 5.68. The van der Waals surface area contributed by atoms with Gasteiger partial charge in [0, 0.05) is 17.5 Å². The Labute approximate surface area is 118 Å². The zero-order valence-electron chi connectivity index (χ0n) is 11.9. The SMILES string of the molecule is CCNC(C)C(CC)c1nc(C2CSCCO2)no1. The lowest BCUT2D eigenvalue weighted by molar-refractivity contribution is 0.0677. The van der Waals surface area contributed by atoms with E-state index in [1.165, 1.54) is 0 Å². The molecule has 0 aromatic carbocycles. The Morgan fingerprint density at radius 2 is 2.32 bits per heavy atom.